The van der Waals surface area contributed by atoms with Crippen molar-refractivity contribution in [3.05, 3.63) is 53.6 Å². The van der Waals surface area contributed by atoms with Gasteiger partial charge in [0.15, 0.2) is 17.6 Å². The number of ether oxygens (including phenoxy) is 3. The highest BCUT2D eigenvalue weighted by Crippen LogP contribution is 2.28. The Kier molecular flexibility index (Phi) is 6.00. The molecule has 6 heteroatoms. The van der Waals surface area contributed by atoms with Crippen molar-refractivity contribution < 1.29 is 23.8 Å². The number of carbonyl (C=O) groups excluding carboxylic acids is 2. The number of amides is 1. The van der Waals surface area contributed by atoms with E-state index in [0.29, 0.717) is 17.2 Å². The summed E-state index contributed by atoms with van der Waals surface area (Å²) >= 11 is 0. The van der Waals surface area contributed by atoms with E-state index in [4.69, 9.17) is 14.2 Å². The van der Waals surface area contributed by atoms with Crippen LogP contribution in [0.4, 0.5) is 5.69 Å². The summed E-state index contributed by atoms with van der Waals surface area (Å²) in [5.74, 6) is -0.102. The molecule has 0 aliphatic heterocycles. The van der Waals surface area contributed by atoms with Crippen molar-refractivity contribution in [3.8, 4) is 11.5 Å². The zero-order valence-electron chi connectivity index (χ0n) is 14.7. The second kappa shape index (κ2) is 8.19. The summed E-state index contributed by atoms with van der Waals surface area (Å²) in [6, 6.07) is 12.0. The van der Waals surface area contributed by atoms with Gasteiger partial charge in [-0.25, -0.2) is 4.79 Å². The van der Waals surface area contributed by atoms with Crippen molar-refractivity contribution >= 4 is 17.6 Å². The van der Waals surface area contributed by atoms with Crippen LogP contribution in [0.1, 0.15) is 22.8 Å². The number of aryl methyl sites for hydroxylation is 1. The maximum atomic E-state index is 12.2. The number of para-hydroxylation sites is 1. The van der Waals surface area contributed by atoms with Crippen molar-refractivity contribution in [3.63, 3.8) is 0 Å². The zero-order valence-corrected chi connectivity index (χ0v) is 14.7. The highest BCUT2D eigenvalue weighted by molar-refractivity contribution is 5.97. The minimum absolute atomic E-state index is 0.271. The summed E-state index contributed by atoms with van der Waals surface area (Å²) in [4.78, 5) is 24.5. The number of anilines is 1. The largest absolute Gasteiger partial charge is 0.493 e. The van der Waals surface area contributed by atoms with Crippen LogP contribution in [0, 0.1) is 6.92 Å². The summed E-state index contributed by atoms with van der Waals surface area (Å²) in [5, 5.41) is 2.75. The van der Waals surface area contributed by atoms with Crippen LogP contribution in [0.25, 0.3) is 0 Å². The van der Waals surface area contributed by atoms with Gasteiger partial charge in [0.2, 0.25) is 0 Å². The van der Waals surface area contributed by atoms with E-state index in [1.807, 2.05) is 25.1 Å². The fourth-order valence-electron chi connectivity index (χ4n) is 2.19. The topological polar surface area (TPSA) is 73.9 Å². The number of methoxy groups -OCH3 is 2. The lowest BCUT2D eigenvalue weighted by atomic mass is 10.2. The van der Waals surface area contributed by atoms with Crippen LogP contribution >= 0.6 is 0 Å². The third-order valence-corrected chi connectivity index (χ3v) is 3.68. The van der Waals surface area contributed by atoms with E-state index < -0.39 is 18.0 Å². The molecule has 0 heterocycles. The summed E-state index contributed by atoms with van der Waals surface area (Å²) in [5.41, 5.74) is 1.88. The minimum Gasteiger partial charge on any atom is -0.493 e. The van der Waals surface area contributed by atoms with Crippen LogP contribution in [-0.4, -0.2) is 32.2 Å². The molecule has 1 N–H and O–H groups in total. The van der Waals surface area contributed by atoms with Crippen LogP contribution in [0.3, 0.4) is 0 Å². The number of hydrogen-bond acceptors (Lipinski definition) is 5. The maximum Gasteiger partial charge on any atom is 0.339 e. The van der Waals surface area contributed by atoms with Gasteiger partial charge in [-0.05, 0) is 43.7 Å². The lowest BCUT2D eigenvalue weighted by Crippen LogP contribution is -2.30. The van der Waals surface area contributed by atoms with Crippen LogP contribution in [-0.2, 0) is 9.53 Å². The number of carbonyl (C=O) groups is 2. The average molecular weight is 343 g/mol. The fraction of sp³-hybridized carbons (Fsp3) is 0.263. The molecule has 2 aromatic carbocycles. The van der Waals surface area contributed by atoms with Gasteiger partial charge in [-0.2, -0.15) is 0 Å². The molecule has 0 radical (unpaired) electrons. The van der Waals surface area contributed by atoms with Crippen molar-refractivity contribution in [1.82, 2.24) is 0 Å². The third kappa shape index (κ3) is 4.50. The highest BCUT2D eigenvalue weighted by Gasteiger charge is 2.20. The predicted octanol–water partition coefficient (Wildman–Crippen LogP) is 3.20. The first-order valence-electron chi connectivity index (χ1n) is 7.75. The Morgan fingerprint density at radius 1 is 1.00 bits per heavy atom. The van der Waals surface area contributed by atoms with Crippen molar-refractivity contribution in [2.45, 2.75) is 20.0 Å². The van der Waals surface area contributed by atoms with E-state index in [1.165, 1.54) is 27.2 Å². The van der Waals surface area contributed by atoms with Gasteiger partial charge in [0.1, 0.15) is 0 Å². The van der Waals surface area contributed by atoms with Crippen molar-refractivity contribution in [1.29, 1.82) is 0 Å². The molecule has 0 bridgehead atoms. The smallest absolute Gasteiger partial charge is 0.339 e. The molecular weight excluding hydrogens is 322 g/mol. The van der Waals surface area contributed by atoms with E-state index in [1.54, 1.807) is 18.2 Å². The SMILES string of the molecule is COc1ccc(C(=O)O[C@H](C)C(=O)Nc2ccccc2C)cc1OC. The highest BCUT2D eigenvalue weighted by atomic mass is 16.5. The van der Waals surface area contributed by atoms with Gasteiger partial charge < -0.3 is 19.5 Å². The van der Waals surface area contributed by atoms with E-state index >= 15 is 0 Å². The summed E-state index contributed by atoms with van der Waals surface area (Å²) < 4.78 is 15.5. The third-order valence-electron chi connectivity index (χ3n) is 3.68. The number of nitrogens with one attached hydrogen (secondary N) is 1. The first-order chi connectivity index (χ1) is 12.0. The Labute approximate surface area is 146 Å². The lowest BCUT2D eigenvalue weighted by Gasteiger charge is -2.15. The monoisotopic (exact) mass is 343 g/mol. The van der Waals surface area contributed by atoms with Gasteiger partial charge in [-0.3, -0.25) is 4.79 Å². The van der Waals surface area contributed by atoms with Gasteiger partial charge in [-0.15, -0.1) is 0 Å². The Morgan fingerprint density at radius 2 is 1.68 bits per heavy atom. The molecule has 0 unspecified atom stereocenters. The number of hydrogen-bond donors (Lipinski definition) is 1. The van der Waals surface area contributed by atoms with Gasteiger partial charge in [-0.1, -0.05) is 18.2 Å². The van der Waals surface area contributed by atoms with Crippen LogP contribution in [0.15, 0.2) is 42.5 Å². The number of esters is 1. The molecule has 1 amide bonds. The molecule has 25 heavy (non-hydrogen) atoms. The Balaban J connectivity index is 2.04. The number of benzene rings is 2. The van der Waals surface area contributed by atoms with E-state index in [2.05, 4.69) is 5.32 Å². The predicted molar refractivity (Wildman–Crippen MR) is 94.2 cm³/mol. The molecule has 0 aliphatic rings. The maximum absolute atomic E-state index is 12.2. The Hall–Kier alpha value is -3.02. The quantitative estimate of drug-likeness (QED) is 0.816. The fourth-order valence-corrected chi connectivity index (χ4v) is 2.19. The Bertz CT molecular complexity index is 772. The van der Waals surface area contributed by atoms with Crippen molar-refractivity contribution in [2.75, 3.05) is 19.5 Å². The normalized spacial score (nSPS) is 11.4. The molecule has 2 rings (SSSR count). The van der Waals surface area contributed by atoms with Crippen LogP contribution in [0.2, 0.25) is 0 Å². The molecule has 6 nitrogen and oxygen atoms in total. The zero-order chi connectivity index (χ0) is 18.4. The molecule has 0 aliphatic carbocycles. The van der Waals surface area contributed by atoms with E-state index in [-0.39, 0.29) is 5.56 Å². The van der Waals surface area contributed by atoms with E-state index in [9.17, 15) is 9.59 Å². The molecule has 0 saturated carbocycles. The minimum atomic E-state index is -0.944. The standard InChI is InChI=1S/C19H21NO5/c1-12-7-5-6-8-15(12)20-18(21)13(2)25-19(22)14-9-10-16(23-3)17(11-14)24-4/h5-11,13H,1-4H3,(H,20,21)/t13-/m1/s1. The summed E-state index contributed by atoms with van der Waals surface area (Å²) in [6.45, 7) is 3.40. The Morgan fingerprint density at radius 3 is 2.32 bits per heavy atom. The molecule has 0 aromatic heterocycles. The average Bonchev–Trinajstić information content (AvgIpc) is 2.62. The summed E-state index contributed by atoms with van der Waals surface area (Å²) in [7, 11) is 2.99. The van der Waals surface area contributed by atoms with E-state index in [0.717, 1.165) is 5.56 Å². The van der Waals surface area contributed by atoms with Gasteiger partial charge in [0.05, 0.1) is 19.8 Å². The first-order valence-corrected chi connectivity index (χ1v) is 7.75. The summed E-state index contributed by atoms with van der Waals surface area (Å²) in [6.07, 6.45) is -0.944. The molecule has 0 saturated heterocycles. The second-order valence-corrected chi connectivity index (χ2v) is 5.42. The second-order valence-electron chi connectivity index (χ2n) is 5.42. The van der Waals surface area contributed by atoms with Crippen molar-refractivity contribution in [2.24, 2.45) is 0 Å². The molecule has 0 fully saturated rings. The first kappa shape index (κ1) is 18.3. The number of rotatable bonds is 6. The lowest BCUT2D eigenvalue weighted by molar-refractivity contribution is -0.123. The van der Waals surface area contributed by atoms with Gasteiger partial charge in [0, 0.05) is 5.69 Å². The molecule has 0 spiro atoms. The molecule has 1 atom stereocenters. The van der Waals surface area contributed by atoms with Gasteiger partial charge in [0.25, 0.3) is 5.91 Å². The van der Waals surface area contributed by atoms with Crippen LogP contribution < -0.4 is 14.8 Å². The molecule has 2 aromatic rings. The van der Waals surface area contributed by atoms with Gasteiger partial charge >= 0.3 is 5.97 Å². The molecular formula is C19H21NO5. The molecule has 132 valence electrons. The van der Waals surface area contributed by atoms with Crippen LogP contribution in [0.5, 0.6) is 11.5 Å².